The fraction of sp³-hybridized carbons (Fsp3) is 0.769. The van der Waals surface area contributed by atoms with E-state index in [2.05, 4.69) is 41.4 Å². The second kappa shape index (κ2) is 8.45. The minimum absolute atomic E-state index is 0.496. The lowest BCUT2D eigenvalue weighted by atomic mass is 10.4. The van der Waals surface area contributed by atoms with Gasteiger partial charge < -0.3 is 15.0 Å². The maximum atomic E-state index is 5.40. The van der Waals surface area contributed by atoms with Crippen LogP contribution in [0.3, 0.4) is 0 Å². The third kappa shape index (κ3) is 5.33. The summed E-state index contributed by atoms with van der Waals surface area (Å²) in [6.45, 7) is 12.7. The van der Waals surface area contributed by atoms with Gasteiger partial charge in [-0.3, -0.25) is 0 Å². The van der Waals surface area contributed by atoms with Crippen LogP contribution in [0.15, 0.2) is 5.38 Å². The molecule has 1 aromatic heterocycles. The van der Waals surface area contributed by atoms with Crippen molar-refractivity contribution in [3.8, 4) is 0 Å². The number of hydrogen-bond acceptors (Lipinski definition) is 5. The fourth-order valence-electron chi connectivity index (χ4n) is 1.54. The zero-order chi connectivity index (χ0) is 13.4. The second-order valence-electron chi connectivity index (χ2n) is 4.43. The van der Waals surface area contributed by atoms with Crippen molar-refractivity contribution >= 4 is 16.5 Å². The number of nitrogens with zero attached hydrogens (tertiary/aromatic N) is 2. The third-order valence-electron chi connectivity index (χ3n) is 2.59. The Kier molecular flexibility index (Phi) is 7.23. The molecule has 0 saturated carbocycles. The Morgan fingerprint density at radius 3 is 2.83 bits per heavy atom. The molecule has 0 unspecified atom stereocenters. The molecule has 0 aromatic carbocycles. The molecular weight excluding hydrogens is 246 g/mol. The number of hydrogen-bond donors (Lipinski definition) is 1. The van der Waals surface area contributed by atoms with E-state index in [4.69, 9.17) is 4.74 Å². The van der Waals surface area contributed by atoms with Crippen molar-refractivity contribution in [2.75, 3.05) is 31.2 Å². The van der Waals surface area contributed by atoms with Gasteiger partial charge in [-0.2, -0.15) is 0 Å². The van der Waals surface area contributed by atoms with Gasteiger partial charge in [0, 0.05) is 37.7 Å². The summed E-state index contributed by atoms with van der Waals surface area (Å²) >= 11 is 1.71. The minimum atomic E-state index is 0.496. The molecule has 0 atom stereocenters. The van der Waals surface area contributed by atoms with Crippen LogP contribution in [0.5, 0.6) is 0 Å². The predicted molar refractivity (Wildman–Crippen MR) is 78.5 cm³/mol. The van der Waals surface area contributed by atoms with E-state index in [-0.39, 0.29) is 0 Å². The highest BCUT2D eigenvalue weighted by Crippen LogP contribution is 2.20. The summed E-state index contributed by atoms with van der Waals surface area (Å²) in [5.41, 5.74) is 1.12. The van der Waals surface area contributed by atoms with Crippen molar-refractivity contribution in [3.05, 3.63) is 11.1 Å². The molecule has 0 spiro atoms. The number of likely N-dealkylation sites (N-methyl/N-ethyl adjacent to an activating group) is 1. The molecule has 1 heterocycles. The summed E-state index contributed by atoms with van der Waals surface area (Å²) in [7, 11) is 0. The minimum Gasteiger partial charge on any atom is -0.380 e. The molecule has 4 nitrogen and oxygen atoms in total. The quantitative estimate of drug-likeness (QED) is 0.700. The predicted octanol–water partition coefficient (Wildman–Crippen LogP) is 2.50. The first-order chi connectivity index (χ1) is 8.67. The van der Waals surface area contributed by atoms with Crippen LogP contribution in [0.1, 0.15) is 33.4 Å². The Balaban J connectivity index is 2.47. The molecule has 0 bridgehead atoms. The molecule has 104 valence electrons. The Morgan fingerprint density at radius 1 is 1.44 bits per heavy atom. The lowest BCUT2D eigenvalue weighted by Gasteiger charge is -2.19. The van der Waals surface area contributed by atoms with Gasteiger partial charge >= 0.3 is 0 Å². The van der Waals surface area contributed by atoms with Gasteiger partial charge in [0.2, 0.25) is 0 Å². The lowest BCUT2D eigenvalue weighted by molar-refractivity contribution is 0.154. The topological polar surface area (TPSA) is 37.4 Å². The normalized spacial score (nSPS) is 11.2. The van der Waals surface area contributed by atoms with Gasteiger partial charge in [0.05, 0.1) is 12.3 Å². The number of anilines is 1. The van der Waals surface area contributed by atoms with Gasteiger partial charge in [-0.25, -0.2) is 4.98 Å². The van der Waals surface area contributed by atoms with Crippen LogP contribution in [0.2, 0.25) is 0 Å². The highest BCUT2D eigenvalue weighted by molar-refractivity contribution is 7.13. The Labute approximate surface area is 114 Å². The Hall–Kier alpha value is -0.650. The van der Waals surface area contributed by atoms with Gasteiger partial charge in [-0.05, 0) is 13.8 Å². The van der Waals surface area contributed by atoms with E-state index in [0.717, 1.165) is 43.7 Å². The molecule has 5 heteroatoms. The molecule has 0 saturated heterocycles. The summed E-state index contributed by atoms with van der Waals surface area (Å²) in [5, 5.41) is 6.61. The first-order valence-corrected chi connectivity index (χ1v) is 7.55. The molecule has 0 aliphatic rings. The smallest absolute Gasteiger partial charge is 0.185 e. The highest BCUT2D eigenvalue weighted by atomic mass is 32.1. The zero-order valence-corrected chi connectivity index (χ0v) is 12.7. The van der Waals surface area contributed by atoms with Crippen molar-refractivity contribution in [2.45, 2.75) is 40.3 Å². The monoisotopic (exact) mass is 271 g/mol. The molecule has 0 amide bonds. The van der Waals surface area contributed by atoms with E-state index in [9.17, 15) is 0 Å². The number of aromatic nitrogens is 1. The first-order valence-electron chi connectivity index (χ1n) is 6.67. The molecule has 0 fully saturated rings. The second-order valence-corrected chi connectivity index (χ2v) is 5.27. The van der Waals surface area contributed by atoms with Gasteiger partial charge in [-0.1, -0.05) is 13.8 Å². The van der Waals surface area contributed by atoms with E-state index in [1.807, 2.05) is 6.92 Å². The van der Waals surface area contributed by atoms with Crippen molar-refractivity contribution in [1.82, 2.24) is 10.3 Å². The van der Waals surface area contributed by atoms with E-state index < -0.39 is 0 Å². The summed E-state index contributed by atoms with van der Waals surface area (Å²) in [6.07, 6.45) is 0. The molecular formula is C13H25N3OS. The van der Waals surface area contributed by atoms with E-state index in [0.29, 0.717) is 6.04 Å². The van der Waals surface area contributed by atoms with E-state index in [1.165, 1.54) is 0 Å². The van der Waals surface area contributed by atoms with Crippen molar-refractivity contribution in [2.24, 2.45) is 0 Å². The van der Waals surface area contributed by atoms with Crippen molar-refractivity contribution in [3.63, 3.8) is 0 Å². The molecule has 1 rings (SSSR count). The molecule has 0 aliphatic heterocycles. The van der Waals surface area contributed by atoms with Crippen molar-refractivity contribution < 1.29 is 4.74 Å². The maximum absolute atomic E-state index is 5.40. The first kappa shape index (κ1) is 15.4. The third-order valence-corrected chi connectivity index (χ3v) is 3.54. The maximum Gasteiger partial charge on any atom is 0.185 e. The van der Waals surface area contributed by atoms with Crippen molar-refractivity contribution in [1.29, 1.82) is 0 Å². The summed E-state index contributed by atoms with van der Waals surface area (Å²) in [5.74, 6) is 0. The van der Waals surface area contributed by atoms with Crippen LogP contribution in [0.25, 0.3) is 0 Å². The average Bonchev–Trinajstić information content (AvgIpc) is 2.81. The number of nitrogens with one attached hydrogen (secondary N) is 1. The SMILES string of the molecule is CCOCCN(CC)c1nc(CNC(C)C)cs1. The van der Waals surface area contributed by atoms with E-state index >= 15 is 0 Å². The van der Waals surface area contributed by atoms with Gasteiger partial charge in [0.25, 0.3) is 0 Å². The lowest BCUT2D eigenvalue weighted by Crippen LogP contribution is -2.27. The Morgan fingerprint density at radius 2 is 2.22 bits per heavy atom. The fourth-order valence-corrected chi connectivity index (χ4v) is 2.46. The average molecular weight is 271 g/mol. The van der Waals surface area contributed by atoms with E-state index in [1.54, 1.807) is 11.3 Å². The molecule has 0 radical (unpaired) electrons. The van der Waals surface area contributed by atoms with Gasteiger partial charge in [0.1, 0.15) is 0 Å². The highest BCUT2D eigenvalue weighted by Gasteiger charge is 2.09. The number of ether oxygens (including phenoxy) is 1. The molecule has 0 aliphatic carbocycles. The standard InChI is InChI=1S/C13H25N3OS/c1-5-16(7-8-17-6-2)13-15-12(10-18-13)9-14-11(3)4/h10-11,14H,5-9H2,1-4H3. The van der Waals surface area contributed by atoms with Crippen LogP contribution < -0.4 is 10.2 Å². The largest absolute Gasteiger partial charge is 0.380 e. The van der Waals surface area contributed by atoms with Crippen LogP contribution in [-0.2, 0) is 11.3 Å². The summed E-state index contributed by atoms with van der Waals surface area (Å²) < 4.78 is 5.40. The summed E-state index contributed by atoms with van der Waals surface area (Å²) in [4.78, 5) is 6.92. The number of rotatable bonds is 9. The molecule has 1 aromatic rings. The molecule has 18 heavy (non-hydrogen) atoms. The van der Waals surface area contributed by atoms with Gasteiger partial charge in [-0.15, -0.1) is 11.3 Å². The van der Waals surface area contributed by atoms with Crippen LogP contribution >= 0.6 is 11.3 Å². The zero-order valence-electron chi connectivity index (χ0n) is 11.9. The van der Waals surface area contributed by atoms with Crippen LogP contribution in [0, 0.1) is 0 Å². The summed E-state index contributed by atoms with van der Waals surface area (Å²) in [6, 6.07) is 0.496. The van der Waals surface area contributed by atoms with Gasteiger partial charge in [0.15, 0.2) is 5.13 Å². The Bertz CT molecular complexity index is 328. The molecule has 1 N–H and O–H groups in total. The number of thiazole rings is 1. The van der Waals surface area contributed by atoms with Crippen LogP contribution in [0.4, 0.5) is 5.13 Å². The van der Waals surface area contributed by atoms with Crippen LogP contribution in [-0.4, -0.2) is 37.3 Å².